The Labute approximate surface area is 117 Å². The fraction of sp³-hybridized carbons (Fsp3) is 0.733. The van der Waals surface area contributed by atoms with Gasteiger partial charge in [-0.1, -0.05) is 51.9 Å². The van der Waals surface area contributed by atoms with Crippen molar-refractivity contribution < 1.29 is 4.74 Å². The highest BCUT2D eigenvalue weighted by molar-refractivity contribution is 5.26. The van der Waals surface area contributed by atoms with Crippen LogP contribution >= 0.6 is 0 Å². The van der Waals surface area contributed by atoms with Gasteiger partial charge in [0.15, 0.2) is 5.75 Å². The van der Waals surface area contributed by atoms with Crippen molar-refractivity contribution in [2.75, 3.05) is 19.0 Å². The van der Waals surface area contributed by atoms with Gasteiger partial charge in [-0.3, -0.25) is 0 Å². The molecule has 0 fully saturated rings. The maximum absolute atomic E-state index is 5.01. The number of ether oxygens (including phenoxy) is 1. The van der Waals surface area contributed by atoms with Crippen molar-refractivity contribution in [2.24, 2.45) is 0 Å². The van der Waals surface area contributed by atoms with Crippen LogP contribution < -0.4 is 10.1 Å². The molecule has 108 valence electrons. The SMILES string of the molecule is CCCCCCCCCCNc1ncc(OC)cn1. The molecule has 0 aromatic carbocycles. The molecule has 0 aliphatic rings. The van der Waals surface area contributed by atoms with Crippen molar-refractivity contribution >= 4 is 5.95 Å². The summed E-state index contributed by atoms with van der Waals surface area (Å²) in [6, 6.07) is 0. The minimum absolute atomic E-state index is 0.684. The van der Waals surface area contributed by atoms with Crippen LogP contribution in [-0.2, 0) is 0 Å². The Morgan fingerprint density at radius 3 is 2.11 bits per heavy atom. The molecule has 1 N–H and O–H groups in total. The third kappa shape index (κ3) is 7.65. The summed E-state index contributed by atoms with van der Waals surface area (Å²) in [7, 11) is 1.62. The Balaban J connectivity index is 1.95. The predicted molar refractivity (Wildman–Crippen MR) is 79.7 cm³/mol. The lowest BCUT2D eigenvalue weighted by Gasteiger charge is -2.05. The largest absolute Gasteiger partial charge is 0.494 e. The molecule has 0 bridgehead atoms. The fourth-order valence-corrected chi connectivity index (χ4v) is 1.97. The van der Waals surface area contributed by atoms with Crippen LogP contribution in [0.1, 0.15) is 58.3 Å². The van der Waals surface area contributed by atoms with E-state index in [1.54, 1.807) is 19.5 Å². The van der Waals surface area contributed by atoms with Crippen molar-refractivity contribution in [1.29, 1.82) is 0 Å². The molecule has 0 aliphatic carbocycles. The molecular weight excluding hydrogens is 238 g/mol. The molecule has 1 aromatic rings. The first-order chi connectivity index (χ1) is 9.36. The van der Waals surface area contributed by atoms with Crippen molar-refractivity contribution in [3.05, 3.63) is 12.4 Å². The number of nitrogens with zero attached hydrogens (tertiary/aromatic N) is 2. The first-order valence-electron chi connectivity index (χ1n) is 7.46. The second kappa shape index (κ2) is 10.6. The van der Waals surface area contributed by atoms with Crippen LogP contribution in [0.2, 0.25) is 0 Å². The molecule has 0 atom stereocenters. The Morgan fingerprint density at radius 2 is 1.53 bits per heavy atom. The Hall–Kier alpha value is -1.32. The van der Waals surface area contributed by atoms with E-state index >= 15 is 0 Å². The van der Waals surface area contributed by atoms with Crippen LogP contribution in [-0.4, -0.2) is 23.6 Å². The van der Waals surface area contributed by atoms with E-state index in [1.165, 1.54) is 51.4 Å². The van der Waals surface area contributed by atoms with E-state index < -0.39 is 0 Å². The summed E-state index contributed by atoms with van der Waals surface area (Å²) in [5.74, 6) is 1.38. The van der Waals surface area contributed by atoms with Gasteiger partial charge in [0.25, 0.3) is 0 Å². The van der Waals surface area contributed by atoms with Gasteiger partial charge in [-0.2, -0.15) is 0 Å². The number of hydrogen-bond acceptors (Lipinski definition) is 4. The number of anilines is 1. The molecular formula is C15H27N3O. The minimum atomic E-state index is 0.684. The highest BCUT2D eigenvalue weighted by Crippen LogP contribution is 2.09. The number of methoxy groups -OCH3 is 1. The second-order valence-electron chi connectivity index (χ2n) is 4.85. The van der Waals surface area contributed by atoms with Crippen LogP contribution in [0.3, 0.4) is 0 Å². The molecule has 0 amide bonds. The molecule has 0 aliphatic heterocycles. The quantitative estimate of drug-likeness (QED) is 0.613. The standard InChI is InChI=1S/C15H27N3O/c1-3-4-5-6-7-8-9-10-11-16-15-17-12-14(19-2)13-18-15/h12-13H,3-11H2,1-2H3,(H,16,17,18). The van der Waals surface area contributed by atoms with Gasteiger partial charge in [-0.25, -0.2) is 9.97 Å². The Morgan fingerprint density at radius 1 is 0.947 bits per heavy atom. The normalized spacial score (nSPS) is 10.4. The molecule has 1 aromatic heterocycles. The lowest BCUT2D eigenvalue weighted by Crippen LogP contribution is -2.05. The van der Waals surface area contributed by atoms with Crippen LogP contribution in [0.25, 0.3) is 0 Å². The lowest BCUT2D eigenvalue weighted by molar-refractivity contribution is 0.411. The van der Waals surface area contributed by atoms with Crippen LogP contribution in [0.4, 0.5) is 5.95 Å². The van der Waals surface area contributed by atoms with Crippen LogP contribution in [0.15, 0.2) is 12.4 Å². The topological polar surface area (TPSA) is 47.0 Å². The molecule has 0 spiro atoms. The van der Waals surface area contributed by atoms with E-state index in [0.717, 1.165) is 6.54 Å². The monoisotopic (exact) mass is 265 g/mol. The zero-order chi connectivity index (χ0) is 13.8. The third-order valence-corrected chi connectivity index (χ3v) is 3.18. The first-order valence-corrected chi connectivity index (χ1v) is 7.46. The number of nitrogens with one attached hydrogen (secondary N) is 1. The molecule has 1 rings (SSSR count). The summed E-state index contributed by atoms with van der Waals surface area (Å²) >= 11 is 0. The smallest absolute Gasteiger partial charge is 0.222 e. The summed E-state index contributed by atoms with van der Waals surface area (Å²) in [5.41, 5.74) is 0. The van der Waals surface area contributed by atoms with Crippen LogP contribution in [0, 0.1) is 0 Å². The molecule has 0 saturated carbocycles. The van der Waals surface area contributed by atoms with Crippen molar-refractivity contribution in [1.82, 2.24) is 9.97 Å². The predicted octanol–water partition coefficient (Wildman–Crippen LogP) is 4.04. The minimum Gasteiger partial charge on any atom is -0.494 e. The van der Waals surface area contributed by atoms with Gasteiger partial charge in [0.2, 0.25) is 5.95 Å². The van der Waals surface area contributed by atoms with Crippen LogP contribution in [0.5, 0.6) is 5.75 Å². The molecule has 0 radical (unpaired) electrons. The summed E-state index contributed by atoms with van der Waals surface area (Å²) in [6.45, 7) is 3.20. The highest BCUT2D eigenvalue weighted by atomic mass is 16.5. The Kier molecular flexibility index (Phi) is 8.77. The maximum Gasteiger partial charge on any atom is 0.222 e. The van der Waals surface area contributed by atoms with Gasteiger partial charge in [0, 0.05) is 6.54 Å². The van der Waals surface area contributed by atoms with Crippen molar-refractivity contribution in [3.8, 4) is 5.75 Å². The van der Waals surface area contributed by atoms with Gasteiger partial charge in [0.1, 0.15) is 0 Å². The zero-order valence-electron chi connectivity index (χ0n) is 12.3. The second-order valence-corrected chi connectivity index (χ2v) is 4.85. The Bertz CT molecular complexity index is 314. The van der Waals surface area contributed by atoms with Gasteiger partial charge in [-0.15, -0.1) is 0 Å². The van der Waals surface area contributed by atoms with E-state index in [2.05, 4.69) is 22.2 Å². The summed E-state index contributed by atoms with van der Waals surface area (Å²) in [5, 5.41) is 3.23. The number of aromatic nitrogens is 2. The van der Waals surface area contributed by atoms with Gasteiger partial charge in [0.05, 0.1) is 19.5 Å². The molecule has 1 heterocycles. The lowest BCUT2D eigenvalue weighted by atomic mass is 10.1. The summed E-state index contributed by atoms with van der Waals surface area (Å²) in [6.07, 6.45) is 14.1. The molecule has 4 nitrogen and oxygen atoms in total. The summed E-state index contributed by atoms with van der Waals surface area (Å²) < 4.78 is 5.01. The number of unbranched alkanes of at least 4 members (excludes halogenated alkanes) is 7. The van der Waals surface area contributed by atoms with E-state index in [0.29, 0.717) is 11.7 Å². The number of rotatable bonds is 11. The van der Waals surface area contributed by atoms with E-state index in [9.17, 15) is 0 Å². The summed E-state index contributed by atoms with van der Waals surface area (Å²) in [4.78, 5) is 8.34. The molecule has 0 unspecified atom stereocenters. The van der Waals surface area contributed by atoms with Crippen molar-refractivity contribution in [2.45, 2.75) is 58.3 Å². The number of hydrogen-bond donors (Lipinski definition) is 1. The van der Waals surface area contributed by atoms with E-state index in [1.807, 2.05) is 0 Å². The van der Waals surface area contributed by atoms with E-state index in [-0.39, 0.29) is 0 Å². The van der Waals surface area contributed by atoms with Gasteiger partial charge < -0.3 is 10.1 Å². The third-order valence-electron chi connectivity index (χ3n) is 3.18. The maximum atomic E-state index is 5.01. The average molecular weight is 265 g/mol. The van der Waals surface area contributed by atoms with Gasteiger partial charge >= 0.3 is 0 Å². The zero-order valence-corrected chi connectivity index (χ0v) is 12.3. The van der Waals surface area contributed by atoms with Crippen molar-refractivity contribution in [3.63, 3.8) is 0 Å². The fourth-order valence-electron chi connectivity index (χ4n) is 1.97. The van der Waals surface area contributed by atoms with Gasteiger partial charge in [-0.05, 0) is 6.42 Å². The first kappa shape index (κ1) is 15.7. The highest BCUT2D eigenvalue weighted by Gasteiger charge is 1.96. The molecule has 4 heteroatoms. The average Bonchev–Trinajstić information content (AvgIpc) is 2.46. The molecule has 0 saturated heterocycles. The molecule has 19 heavy (non-hydrogen) atoms. The van der Waals surface area contributed by atoms with E-state index in [4.69, 9.17) is 4.74 Å².